The van der Waals surface area contributed by atoms with Crippen LogP contribution in [0, 0.1) is 5.41 Å². The van der Waals surface area contributed by atoms with E-state index in [9.17, 15) is 13.6 Å². The van der Waals surface area contributed by atoms with E-state index in [4.69, 9.17) is 5.11 Å². The molecule has 2 rings (SSSR count). The van der Waals surface area contributed by atoms with Crippen LogP contribution in [-0.2, 0) is 4.79 Å². The van der Waals surface area contributed by atoms with Gasteiger partial charge in [0.25, 0.3) is 5.92 Å². The Hall–Kier alpha value is -1.45. The predicted octanol–water partition coefficient (Wildman–Crippen LogP) is 2.51. The van der Waals surface area contributed by atoms with Crippen molar-refractivity contribution >= 4 is 5.97 Å². The first-order chi connectivity index (χ1) is 6.92. The third-order valence-electron chi connectivity index (χ3n) is 3.13. The lowest BCUT2D eigenvalue weighted by Crippen LogP contribution is -2.18. The third-order valence-corrected chi connectivity index (χ3v) is 3.13. The monoisotopic (exact) mass is 212 g/mol. The highest BCUT2D eigenvalue weighted by atomic mass is 19.3. The van der Waals surface area contributed by atoms with Gasteiger partial charge in [-0.15, -0.1) is 0 Å². The highest BCUT2D eigenvalue weighted by Gasteiger charge is 2.82. The zero-order valence-electron chi connectivity index (χ0n) is 8.08. The van der Waals surface area contributed by atoms with Gasteiger partial charge in [-0.05, 0) is 12.5 Å². The summed E-state index contributed by atoms with van der Waals surface area (Å²) in [6.45, 7) is 1.09. The van der Waals surface area contributed by atoms with Gasteiger partial charge in [-0.3, -0.25) is 4.79 Å². The molecule has 1 aliphatic carbocycles. The Labute approximate surface area is 85.5 Å². The van der Waals surface area contributed by atoms with Crippen LogP contribution in [0.15, 0.2) is 30.3 Å². The molecule has 1 saturated carbocycles. The Morgan fingerprint density at radius 2 is 1.87 bits per heavy atom. The first-order valence-corrected chi connectivity index (χ1v) is 4.58. The molecule has 0 unspecified atom stereocenters. The molecule has 1 aromatic rings. The molecule has 0 bridgehead atoms. The van der Waals surface area contributed by atoms with E-state index in [-0.39, 0.29) is 0 Å². The van der Waals surface area contributed by atoms with Crippen LogP contribution in [0.25, 0.3) is 0 Å². The fourth-order valence-corrected chi connectivity index (χ4v) is 1.99. The summed E-state index contributed by atoms with van der Waals surface area (Å²) >= 11 is 0. The second-order valence-electron chi connectivity index (χ2n) is 3.97. The topological polar surface area (TPSA) is 37.3 Å². The molecule has 1 aliphatic rings. The predicted molar refractivity (Wildman–Crippen MR) is 49.9 cm³/mol. The first-order valence-electron chi connectivity index (χ1n) is 4.58. The number of rotatable bonds is 2. The average Bonchev–Trinajstić information content (AvgIpc) is 2.64. The highest BCUT2D eigenvalue weighted by Crippen LogP contribution is 2.71. The Balaban J connectivity index is 2.39. The molecule has 1 aromatic carbocycles. The van der Waals surface area contributed by atoms with Gasteiger partial charge in [0.15, 0.2) is 0 Å². The second kappa shape index (κ2) is 2.78. The van der Waals surface area contributed by atoms with Gasteiger partial charge >= 0.3 is 5.97 Å². The van der Waals surface area contributed by atoms with Crippen molar-refractivity contribution in [3.05, 3.63) is 35.9 Å². The summed E-state index contributed by atoms with van der Waals surface area (Å²) in [5, 5.41) is 8.80. The summed E-state index contributed by atoms with van der Waals surface area (Å²) in [5.74, 6) is -5.80. The number of alkyl halides is 2. The van der Waals surface area contributed by atoms with Crippen molar-refractivity contribution in [2.75, 3.05) is 0 Å². The normalized spacial score (nSPS) is 32.3. The number of benzene rings is 1. The lowest BCUT2D eigenvalue weighted by molar-refractivity contribution is -0.146. The number of carbonyl (C=O) groups is 1. The zero-order chi connectivity index (χ0) is 11.3. The Morgan fingerprint density at radius 1 is 1.33 bits per heavy atom. The van der Waals surface area contributed by atoms with Crippen molar-refractivity contribution in [1.82, 2.24) is 0 Å². The summed E-state index contributed by atoms with van der Waals surface area (Å²) in [7, 11) is 0. The minimum absolute atomic E-state index is 0.382. The molecule has 0 aromatic heterocycles. The van der Waals surface area contributed by atoms with Crippen LogP contribution in [0.2, 0.25) is 0 Å². The maximum Gasteiger partial charge on any atom is 0.316 e. The van der Waals surface area contributed by atoms with E-state index in [1.165, 1.54) is 12.1 Å². The molecule has 80 valence electrons. The van der Waals surface area contributed by atoms with E-state index in [2.05, 4.69) is 0 Å². The maximum atomic E-state index is 13.4. The van der Waals surface area contributed by atoms with Crippen molar-refractivity contribution in [1.29, 1.82) is 0 Å². The van der Waals surface area contributed by atoms with E-state index in [1.807, 2.05) is 0 Å². The number of halogens is 2. The first kappa shape index (κ1) is 10.1. The van der Waals surface area contributed by atoms with Crippen LogP contribution in [-0.4, -0.2) is 17.0 Å². The summed E-state index contributed by atoms with van der Waals surface area (Å²) < 4.78 is 26.8. The molecule has 1 N–H and O–H groups in total. The van der Waals surface area contributed by atoms with Crippen LogP contribution in [0.4, 0.5) is 8.78 Å². The van der Waals surface area contributed by atoms with Gasteiger partial charge in [-0.25, -0.2) is 8.78 Å². The number of aliphatic carboxylic acids is 1. The molecule has 2 nitrogen and oxygen atoms in total. The lowest BCUT2D eigenvalue weighted by atomic mass is 10.0. The van der Waals surface area contributed by atoms with Gasteiger partial charge in [0.1, 0.15) is 5.41 Å². The molecule has 0 amide bonds. The maximum absolute atomic E-state index is 13.4. The van der Waals surface area contributed by atoms with Gasteiger partial charge in [0.05, 0.1) is 5.92 Å². The lowest BCUT2D eigenvalue weighted by Gasteiger charge is -2.01. The summed E-state index contributed by atoms with van der Waals surface area (Å²) in [5.41, 5.74) is -1.57. The van der Waals surface area contributed by atoms with Crippen molar-refractivity contribution in [3.8, 4) is 0 Å². The Morgan fingerprint density at radius 3 is 2.27 bits per heavy atom. The number of hydrogen-bond acceptors (Lipinski definition) is 1. The van der Waals surface area contributed by atoms with Gasteiger partial charge in [-0.2, -0.15) is 0 Å². The molecular formula is C11H10F2O2. The molecule has 4 heteroatoms. The van der Waals surface area contributed by atoms with E-state index in [0.717, 1.165) is 6.92 Å². The quantitative estimate of drug-likeness (QED) is 0.817. The summed E-state index contributed by atoms with van der Waals surface area (Å²) in [4.78, 5) is 10.8. The largest absolute Gasteiger partial charge is 0.481 e. The summed E-state index contributed by atoms with van der Waals surface area (Å²) in [6, 6.07) is 8.04. The third kappa shape index (κ3) is 1.11. The van der Waals surface area contributed by atoms with Gasteiger partial charge in [-0.1, -0.05) is 30.3 Å². The van der Waals surface area contributed by atoms with E-state index in [0.29, 0.717) is 5.56 Å². The van der Waals surface area contributed by atoms with Crippen LogP contribution < -0.4 is 0 Å². The van der Waals surface area contributed by atoms with Crippen molar-refractivity contribution in [3.63, 3.8) is 0 Å². The van der Waals surface area contributed by atoms with Gasteiger partial charge in [0.2, 0.25) is 0 Å². The van der Waals surface area contributed by atoms with E-state index < -0.39 is 23.2 Å². The molecule has 0 heterocycles. The fraction of sp³-hybridized carbons (Fsp3) is 0.364. The van der Waals surface area contributed by atoms with Crippen LogP contribution >= 0.6 is 0 Å². The number of carboxylic acids is 1. The molecule has 2 atom stereocenters. The van der Waals surface area contributed by atoms with Crippen molar-refractivity contribution in [2.45, 2.75) is 18.8 Å². The highest BCUT2D eigenvalue weighted by molar-refractivity contribution is 5.83. The van der Waals surface area contributed by atoms with Crippen LogP contribution in [0.5, 0.6) is 0 Å². The van der Waals surface area contributed by atoms with Crippen molar-refractivity contribution < 1.29 is 18.7 Å². The molecule has 0 aliphatic heterocycles. The fourth-order valence-electron chi connectivity index (χ4n) is 1.99. The molecule has 0 spiro atoms. The molecule has 0 saturated heterocycles. The van der Waals surface area contributed by atoms with Gasteiger partial charge in [0, 0.05) is 0 Å². The second-order valence-corrected chi connectivity index (χ2v) is 3.97. The van der Waals surface area contributed by atoms with Crippen LogP contribution in [0.3, 0.4) is 0 Å². The number of hydrogen-bond donors (Lipinski definition) is 1. The molecule has 1 fully saturated rings. The van der Waals surface area contributed by atoms with E-state index in [1.54, 1.807) is 18.2 Å². The minimum atomic E-state index is -3.15. The molecular weight excluding hydrogens is 202 g/mol. The minimum Gasteiger partial charge on any atom is -0.481 e. The standard InChI is InChI=1S/C11H10F2O2/c1-10(9(14)15)8(11(10,12)13)7-5-3-2-4-6-7/h2-6,8H,1H3,(H,14,15)/t8-,10+/m0/s1. The van der Waals surface area contributed by atoms with Crippen molar-refractivity contribution in [2.24, 2.45) is 5.41 Å². The smallest absolute Gasteiger partial charge is 0.316 e. The van der Waals surface area contributed by atoms with Gasteiger partial charge < -0.3 is 5.11 Å². The SMILES string of the molecule is C[C@]1(C(=O)O)[C@H](c2ccccc2)C1(F)F. The van der Waals surface area contributed by atoms with Crippen LogP contribution in [0.1, 0.15) is 18.4 Å². The van der Waals surface area contributed by atoms with E-state index >= 15 is 0 Å². The summed E-state index contributed by atoms with van der Waals surface area (Å²) in [6.07, 6.45) is 0. The molecule has 15 heavy (non-hydrogen) atoms. The average molecular weight is 212 g/mol. The zero-order valence-corrected chi connectivity index (χ0v) is 8.08. The molecule has 0 radical (unpaired) electrons. The Kier molecular flexibility index (Phi) is 1.87. The number of carboxylic acid groups (broad SMARTS) is 1. The Bertz CT molecular complexity index is 402.